The summed E-state index contributed by atoms with van der Waals surface area (Å²) in [6.07, 6.45) is 3.44. The zero-order valence-electron chi connectivity index (χ0n) is 18.2. The summed E-state index contributed by atoms with van der Waals surface area (Å²) in [5.74, 6) is -0.231. The molecular weight excluding hydrogens is 400 g/mol. The highest BCUT2D eigenvalue weighted by Gasteiger charge is 2.21. The third-order valence-electron chi connectivity index (χ3n) is 5.31. The van der Waals surface area contributed by atoms with E-state index in [2.05, 4.69) is 15.6 Å². The first kappa shape index (κ1) is 21.1. The van der Waals surface area contributed by atoms with Crippen LogP contribution in [-0.4, -0.2) is 21.2 Å². The highest BCUT2D eigenvalue weighted by atomic mass is 16.2. The summed E-state index contributed by atoms with van der Waals surface area (Å²) in [5, 5.41) is 5.73. The van der Waals surface area contributed by atoms with E-state index in [0.29, 0.717) is 17.1 Å². The average molecular weight is 425 g/mol. The second-order valence-corrected chi connectivity index (χ2v) is 7.60. The van der Waals surface area contributed by atoms with E-state index in [1.165, 1.54) is 0 Å². The van der Waals surface area contributed by atoms with Crippen molar-refractivity contribution in [1.29, 1.82) is 0 Å². The van der Waals surface area contributed by atoms with Crippen molar-refractivity contribution in [2.24, 2.45) is 0 Å². The number of anilines is 2. The molecule has 32 heavy (non-hydrogen) atoms. The van der Waals surface area contributed by atoms with Crippen molar-refractivity contribution in [3.05, 3.63) is 101 Å². The lowest BCUT2D eigenvalue weighted by Gasteiger charge is -2.12. The van der Waals surface area contributed by atoms with Gasteiger partial charge in [-0.2, -0.15) is 0 Å². The second-order valence-electron chi connectivity index (χ2n) is 7.60. The van der Waals surface area contributed by atoms with Crippen molar-refractivity contribution in [2.75, 3.05) is 10.6 Å². The molecule has 0 bridgehead atoms. The van der Waals surface area contributed by atoms with Crippen molar-refractivity contribution in [3.63, 3.8) is 0 Å². The number of nitrogens with one attached hydrogen (secondary N) is 2. The number of nitrogens with zero attached hydrogens (tertiary/aromatic N) is 2. The molecule has 0 saturated carbocycles. The summed E-state index contributed by atoms with van der Waals surface area (Å²) >= 11 is 0. The number of para-hydroxylation sites is 2. The lowest BCUT2D eigenvalue weighted by Crippen LogP contribution is -2.26. The third-order valence-corrected chi connectivity index (χ3v) is 5.31. The van der Waals surface area contributed by atoms with Crippen LogP contribution < -0.4 is 10.6 Å². The number of carbonyl (C=O) groups is 2. The molecule has 2 amide bonds. The maximum absolute atomic E-state index is 13.3. The molecule has 0 fully saturated rings. The van der Waals surface area contributed by atoms with Crippen LogP contribution >= 0.6 is 0 Å². The molecule has 0 unspecified atom stereocenters. The van der Waals surface area contributed by atoms with E-state index < -0.39 is 11.8 Å². The normalized spacial score (nSPS) is 10.6. The molecule has 0 aliphatic rings. The van der Waals surface area contributed by atoms with Gasteiger partial charge in [-0.25, -0.2) is 4.98 Å². The smallest absolute Gasteiger partial charge is 0.261 e. The Morgan fingerprint density at radius 2 is 1.31 bits per heavy atom. The van der Waals surface area contributed by atoms with Gasteiger partial charge in [0.1, 0.15) is 11.4 Å². The fraction of sp³-hybridized carbons (Fsp3) is 0.115. The number of aryl methyl sites for hydroxylation is 3. The van der Waals surface area contributed by atoms with Gasteiger partial charge in [0.05, 0.1) is 11.2 Å². The van der Waals surface area contributed by atoms with Gasteiger partial charge in [0, 0.05) is 17.6 Å². The van der Waals surface area contributed by atoms with Gasteiger partial charge in [0.2, 0.25) is 0 Å². The quantitative estimate of drug-likeness (QED) is 0.271. The van der Waals surface area contributed by atoms with Gasteiger partial charge in [0.15, 0.2) is 0 Å². The largest absolute Gasteiger partial charge is 0.322 e. The molecule has 0 saturated heterocycles. The summed E-state index contributed by atoms with van der Waals surface area (Å²) in [7, 11) is 0. The molecule has 6 heteroatoms. The fourth-order valence-electron chi connectivity index (χ4n) is 3.50. The Labute approximate surface area is 186 Å². The topological polar surface area (TPSA) is 75.5 Å². The average Bonchev–Trinajstić information content (AvgIpc) is 3.10. The Morgan fingerprint density at radius 3 is 1.88 bits per heavy atom. The summed E-state index contributed by atoms with van der Waals surface area (Å²) in [6, 6.07) is 20.6. The minimum atomic E-state index is -0.500. The van der Waals surface area contributed by atoms with E-state index in [9.17, 15) is 9.59 Å². The van der Waals surface area contributed by atoms with Crippen LogP contribution in [0.15, 0.2) is 78.5 Å². The van der Waals surface area contributed by atoms with Gasteiger partial charge in [0.25, 0.3) is 11.8 Å². The molecule has 0 atom stereocenters. The van der Waals surface area contributed by atoms with Gasteiger partial charge in [-0.1, -0.05) is 42.5 Å². The van der Waals surface area contributed by atoms with Crippen molar-refractivity contribution < 1.29 is 9.59 Å². The van der Waals surface area contributed by atoms with E-state index in [4.69, 9.17) is 0 Å². The van der Waals surface area contributed by atoms with E-state index in [1.807, 2.05) is 86.0 Å². The number of fused-ring (bicyclic) bond motifs is 1. The standard InChI is InChI=1S/C26H24N4O2/c1-17-10-4-6-12-21(17)28-25(31)20(26(32)29-22-13-7-5-11-18(22)2)16-23-24-14-8-9-15-30(24)19(3)27-23/h4-16H,1-3H3,(H,28,31)(H,29,32). The Bertz CT molecular complexity index is 1290. The molecule has 2 heterocycles. The number of rotatable bonds is 5. The zero-order valence-corrected chi connectivity index (χ0v) is 18.2. The van der Waals surface area contributed by atoms with Gasteiger partial charge in [-0.3, -0.25) is 9.59 Å². The molecule has 0 aliphatic heterocycles. The first-order valence-corrected chi connectivity index (χ1v) is 10.3. The molecule has 0 radical (unpaired) electrons. The molecule has 4 rings (SSSR count). The van der Waals surface area contributed by atoms with Crippen molar-refractivity contribution >= 4 is 34.8 Å². The number of hydrogen-bond donors (Lipinski definition) is 2. The summed E-state index contributed by atoms with van der Waals surface area (Å²) < 4.78 is 1.92. The molecule has 2 N–H and O–H groups in total. The third kappa shape index (κ3) is 4.30. The van der Waals surface area contributed by atoms with Crippen molar-refractivity contribution in [2.45, 2.75) is 20.8 Å². The molecule has 0 aliphatic carbocycles. The van der Waals surface area contributed by atoms with Gasteiger partial charge >= 0.3 is 0 Å². The predicted molar refractivity (Wildman–Crippen MR) is 128 cm³/mol. The number of hydrogen-bond acceptors (Lipinski definition) is 3. The molecule has 160 valence electrons. The lowest BCUT2D eigenvalue weighted by atomic mass is 10.1. The molecule has 4 aromatic rings. The van der Waals surface area contributed by atoms with Gasteiger partial charge in [-0.05, 0) is 62.2 Å². The van der Waals surface area contributed by atoms with Gasteiger partial charge < -0.3 is 15.0 Å². The van der Waals surface area contributed by atoms with Crippen LogP contribution in [-0.2, 0) is 9.59 Å². The number of benzene rings is 2. The van der Waals surface area contributed by atoms with Crippen LogP contribution in [0.5, 0.6) is 0 Å². The first-order valence-electron chi connectivity index (χ1n) is 10.3. The van der Waals surface area contributed by atoms with Crippen molar-refractivity contribution in [3.8, 4) is 0 Å². The Balaban J connectivity index is 1.76. The SMILES string of the molecule is Cc1ccccc1NC(=O)C(=Cc1nc(C)n2ccccc12)C(=O)Nc1ccccc1C. The summed E-state index contributed by atoms with van der Waals surface area (Å²) in [4.78, 5) is 31.1. The molecule has 6 nitrogen and oxygen atoms in total. The highest BCUT2D eigenvalue weighted by Crippen LogP contribution is 2.21. The maximum Gasteiger partial charge on any atom is 0.261 e. The lowest BCUT2D eigenvalue weighted by molar-refractivity contribution is -0.118. The Kier molecular flexibility index (Phi) is 5.85. The number of imidazole rings is 1. The van der Waals surface area contributed by atoms with E-state index in [-0.39, 0.29) is 5.57 Å². The van der Waals surface area contributed by atoms with E-state index in [0.717, 1.165) is 22.5 Å². The van der Waals surface area contributed by atoms with Crippen LogP contribution in [0.25, 0.3) is 11.6 Å². The first-order chi connectivity index (χ1) is 15.4. The Morgan fingerprint density at radius 1 is 0.781 bits per heavy atom. The summed E-state index contributed by atoms with van der Waals surface area (Å²) in [5.41, 5.74) is 4.45. The summed E-state index contributed by atoms with van der Waals surface area (Å²) in [6.45, 7) is 5.68. The van der Waals surface area contributed by atoms with Crippen LogP contribution in [0.3, 0.4) is 0 Å². The minimum absolute atomic E-state index is 0.0274. The number of carbonyl (C=O) groups excluding carboxylic acids is 2. The van der Waals surface area contributed by atoms with Crippen LogP contribution in [0.2, 0.25) is 0 Å². The Hall–Kier alpha value is -4.19. The van der Waals surface area contributed by atoms with Crippen LogP contribution in [0, 0.1) is 20.8 Å². The van der Waals surface area contributed by atoms with Crippen LogP contribution in [0.4, 0.5) is 11.4 Å². The predicted octanol–water partition coefficient (Wildman–Crippen LogP) is 4.92. The number of pyridine rings is 1. The molecule has 2 aromatic heterocycles. The zero-order chi connectivity index (χ0) is 22.7. The molecule has 2 aromatic carbocycles. The maximum atomic E-state index is 13.3. The second kappa shape index (κ2) is 8.89. The van der Waals surface area contributed by atoms with Gasteiger partial charge in [-0.15, -0.1) is 0 Å². The number of aromatic nitrogens is 2. The van der Waals surface area contributed by atoms with E-state index in [1.54, 1.807) is 18.2 Å². The van der Waals surface area contributed by atoms with E-state index >= 15 is 0 Å². The highest BCUT2D eigenvalue weighted by molar-refractivity contribution is 6.29. The molecule has 0 spiro atoms. The fourth-order valence-corrected chi connectivity index (χ4v) is 3.50. The molecular formula is C26H24N4O2. The van der Waals surface area contributed by atoms with Crippen molar-refractivity contribution in [1.82, 2.24) is 9.38 Å². The number of amides is 2. The monoisotopic (exact) mass is 424 g/mol. The minimum Gasteiger partial charge on any atom is -0.322 e. The van der Waals surface area contributed by atoms with Crippen LogP contribution in [0.1, 0.15) is 22.6 Å².